The first-order valence-electron chi connectivity index (χ1n) is 9.35. The Morgan fingerprint density at radius 3 is 2.28 bits per heavy atom. The molecule has 5 rings (SSSR count). The van der Waals surface area contributed by atoms with E-state index in [9.17, 15) is 9.90 Å². The molecule has 0 aliphatic heterocycles. The Bertz CT molecular complexity index is 727. The lowest BCUT2D eigenvalue weighted by molar-refractivity contribution is -0.112. The lowest BCUT2D eigenvalue weighted by atomic mass is 9.54. The van der Waals surface area contributed by atoms with Gasteiger partial charge in [-0.25, -0.2) is 0 Å². The summed E-state index contributed by atoms with van der Waals surface area (Å²) in [6.07, 6.45) is 9.79. The Labute approximate surface area is 149 Å². The van der Waals surface area contributed by atoms with Crippen LogP contribution in [0, 0.1) is 23.7 Å². The molecule has 1 aromatic rings. The summed E-state index contributed by atoms with van der Waals surface area (Å²) >= 11 is 0. The number of carbonyl (C=O) groups is 1. The number of rotatable bonds is 4. The van der Waals surface area contributed by atoms with Gasteiger partial charge in [-0.2, -0.15) is 0 Å². The van der Waals surface area contributed by atoms with Crippen LogP contribution in [-0.2, 0) is 9.53 Å². The fraction of sp³-hybridized carbons (Fsp3) is 0.500. The molecular weight excluding hydrogens is 312 g/mol. The molecule has 4 fully saturated rings. The van der Waals surface area contributed by atoms with Crippen molar-refractivity contribution >= 4 is 17.6 Å². The molecule has 3 nitrogen and oxygen atoms in total. The molecule has 0 saturated heterocycles. The number of phenols is 1. The van der Waals surface area contributed by atoms with E-state index in [4.69, 9.17) is 4.74 Å². The third-order valence-corrected chi connectivity index (χ3v) is 6.27. The van der Waals surface area contributed by atoms with Crippen LogP contribution in [0.2, 0.25) is 0 Å². The molecule has 0 amide bonds. The van der Waals surface area contributed by atoms with Crippen LogP contribution in [0.25, 0.3) is 11.8 Å². The largest absolute Gasteiger partial charge is 0.507 e. The van der Waals surface area contributed by atoms with Crippen molar-refractivity contribution < 1.29 is 14.6 Å². The van der Waals surface area contributed by atoms with Crippen molar-refractivity contribution in [3.63, 3.8) is 0 Å². The Balaban J connectivity index is 1.70. The first-order valence-corrected chi connectivity index (χ1v) is 9.35. The minimum atomic E-state index is -0.0308. The fourth-order valence-corrected chi connectivity index (χ4v) is 5.50. The van der Waals surface area contributed by atoms with E-state index in [2.05, 4.69) is 0 Å². The van der Waals surface area contributed by atoms with Crippen LogP contribution in [0.4, 0.5) is 0 Å². The average Bonchev–Trinajstić information content (AvgIpc) is 2.56. The predicted octanol–water partition coefficient (Wildman–Crippen LogP) is 4.81. The number of hydrogen-bond donors (Lipinski definition) is 1. The van der Waals surface area contributed by atoms with Gasteiger partial charge in [0.15, 0.2) is 5.78 Å². The van der Waals surface area contributed by atoms with Gasteiger partial charge in [-0.15, -0.1) is 0 Å². The van der Waals surface area contributed by atoms with Gasteiger partial charge in [0.05, 0.1) is 7.11 Å². The summed E-state index contributed by atoms with van der Waals surface area (Å²) in [6.45, 7) is 1.50. The molecule has 25 heavy (non-hydrogen) atoms. The molecule has 0 atom stereocenters. The number of ketones is 1. The number of allylic oxidation sites excluding steroid dienone is 2. The number of benzene rings is 1. The second-order valence-corrected chi connectivity index (χ2v) is 8.01. The quantitative estimate of drug-likeness (QED) is 0.633. The van der Waals surface area contributed by atoms with Crippen LogP contribution in [0.1, 0.15) is 50.2 Å². The third kappa shape index (κ3) is 3.01. The van der Waals surface area contributed by atoms with E-state index in [-0.39, 0.29) is 11.5 Å². The molecule has 1 aromatic carbocycles. The molecular formula is C22H26O3. The fourth-order valence-electron chi connectivity index (χ4n) is 5.50. The van der Waals surface area contributed by atoms with Crippen molar-refractivity contribution in [1.82, 2.24) is 0 Å². The number of phenolic OH excluding ortho intramolecular Hbond substituents is 1. The Morgan fingerprint density at radius 2 is 1.76 bits per heavy atom. The van der Waals surface area contributed by atoms with Crippen molar-refractivity contribution in [1.29, 1.82) is 0 Å². The van der Waals surface area contributed by atoms with Gasteiger partial charge >= 0.3 is 0 Å². The molecule has 0 unspecified atom stereocenters. The second-order valence-electron chi connectivity index (χ2n) is 8.01. The topological polar surface area (TPSA) is 46.5 Å². The zero-order valence-corrected chi connectivity index (χ0v) is 15.0. The highest BCUT2D eigenvalue weighted by Gasteiger charge is 2.46. The molecule has 4 saturated carbocycles. The van der Waals surface area contributed by atoms with Crippen molar-refractivity contribution in [3.8, 4) is 5.75 Å². The standard InChI is InChI=1S/C22H26O3/c1-13(23)3-4-16-5-6-17(12-20(16)24)22(25-2)21-18-8-14-7-15(10-18)11-19(21)9-14/h3-6,12,14-15,18-19,24H,7-11H2,1-2H3/b4-3+,22-21?. The van der Waals surface area contributed by atoms with Crippen LogP contribution >= 0.6 is 0 Å². The van der Waals surface area contributed by atoms with E-state index in [1.165, 1.54) is 50.7 Å². The molecule has 4 aliphatic carbocycles. The molecule has 4 bridgehead atoms. The van der Waals surface area contributed by atoms with Crippen molar-refractivity contribution in [2.24, 2.45) is 23.7 Å². The summed E-state index contributed by atoms with van der Waals surface area (Å²) in [5, 5.41) is 10.4. The number of aromatic hydroxyl groups is 1. The normalized spacial score (nSPS) is 30.1. The van der Waals surface area contributed by atoms with Crippen LogP contribution in [0.5, 0.6) is 5.75 Å². The summed E-state index contributed by atoms with van der Waals surface area (Å²) in [7, 11) is 1.74. The first kappa shape index (κ1) is 16.4. The van der Waals surface area contributed by atoms with E-state index in [0.29, 0.717) is 17.4 Å². The molecule has 0 heterocycles. The van der Waals surface area contributed by atoms with Gasteiger partial charge in [-0.3, -0.25) is 4.79 Å². The maximum Gasteiger partial charge on any atom is 0.152 e. The van der Waals surface area contributed by atoms with E-state index in [1.807, 2.05) is 12.1 Å². The second kappa shape index (κ2) is 6.36. The predicted molar refractivity (Wildman–Crippen MR) is 98.8 cm³/mol. The van der Waals surface area contributed by atoms with E-state index in [0.717, 1.165) is 23.2 Å². The minimum absolute atomic E-state index is 0.0308. The lowest BCUT2D eigenvalue weighted by Crippen LogP contribution is -2.40. The summed E-state index contributed by atoms with van der Waals surface area (Å²) in [5.74, 6) is 4.27. The minimum Gasteiger partial charge on any atom is -0.507 e. The highest BCUT2D eigenvalue weighted by Crippen LogP contribution is 2.58. The average molecular weight is 338 g/mol. The maximum absolute atomic E-state index is 11.1. The Hall–Kier alpha value is -2.03. The molecule has 3 heteroatoms. The molecule has 132 valence electrons. The molecule has 4 aliphatic rings. The van der Waals surface area contributed by atoms with Gasteiger partial charge in [-0.1, -0.05) is 12.1 Å². The van der Waals surface area contributed by atoms with Gasteiger partial charge in [-0.05, 0) is 86.5 Å². The summed E-state index contributed by atoms with van der Waals surface area (Å²) < 4.78 is 5.85. The highest BCUT2D eigenvalue weighted by molar-refractivity contribution is 5.92. The zero-order valence-electron chi connectivity index (χ0n) is 15.0. The van der Waals surface area contributed by atoms with Gasteiger partial charge < -0.3 is 9.84 Å². The summed E-state index contributed by atoms with van der Waals surface area (Å²) in [6, 6.07) is 5.63. The molecule has 0 radical (unpaired) electrons. The van der Waals surface area contributed by atoms with Gasteiger partial charge in [0.1, 0.15) is 11.5 Å². The lowest BCUT2D eigenvalue weighted by Gasteiger charge is -2.51. The van der Waals surface area contributed by atoms with Gasteiger partial charge in [0.25, 0.3) is 0 Å². The summed E-state index contributed by atoms with van der Waals surface area (Å²) in [5.41, 5.74) is 3.09. The number of carbonyl (C=O) groups excluding carboxylic acids is 1. The van der Waals surface area contributed by atoms with E-state index >= 15 is 0 Å². The van der Waals surface area contributed by atoms with Crippen molar-refractivity contribution in [2.45, 2.75) is 39.0 Å². The maximum atomic E-state index is 11.1. The smallest absolute Gasteiger partial charge is 0.152 e. The summed E-state index contributed by atoms with van der Waals surface area (Å²) in [4.78, 5) is 11.1. The Kier molecular flexibility index (Phi) is 4.18. The van der Waals surface area contributed by atoms with E-state index in [1.54, 1.807) is 19.3 Å². The van der Waals surface area contributed by atoms with Crippen molar-refractivity contribution in [2.75, 3.05) is 7.11 Å². The number of hydrogen-bond acceptors (Lipinski definition) is 3. The van der Waals surface area contributed by atoms with Crippen LogP contribution in [0.15, 0.2) is 29.8 Å². The first-order chi connectivity index (χ1) is 12.0. The molecule has 0 spiro atoms. The van der Waals surface area contributed by atoms with Gasteiger partial charge in [0, 0.05) is 11.1 Å². The number of methoxy groups -OCH3 is 1. The van der Waals surface area contributed by atoms with Crippen LogP contribution < -0.4 is 0 Å². The Morgan fingerprint density at radius 1 is 1.12 bits per heavy atom. The van der Waals surface area contributed by atoms with Crippen LogP contribution in [-0.4, -0.2) is 18.0 Å². The monoisotopic (exact) mass is 338 g/mol. The highest BCUT2D eigenvalue weighted by atomic mass is 16.5. The van der Waals surface area contributed by atoms with Gasteiger partial charge in [0.2, 0.25) is 0 Å². The third-order valence-electron chi connectivity index (χ3n) is 6.27. The molecule has 0 aromatic heterocycles. The van der Waals surface area contributed by atoms with Crippen LogP contribution in [0.3, 0.4) is 0 Å². The van der Waals surface area contributed by atoms with E-state index < -0.39 is 0 Å². The zero-order chi connectivity index (χ0) is 17.6. The molecule has 1 N–H and O–H groups in total. The SMILES string of the molecule is COC(=C1C2CC3CC(C2)CC1C3)c1ccc(/C=C/C(C)=O)c(O)c1. The number of ether oxygens (including phenoxy) is 1. The van der Waals surface area contributed by atoms with Crippen molar-refractivity contribution in [3.05, 3.63) is 41.0 Å².